The van der Waals surface area contributed by atoms with Gasteiger partial charge in [0.15, 0.2) is 0 Å². The van der Waals surface area contributed by atoms with Gasteiger partial charge in [0.25, 0.3) is 0 Å². The molecule has 2 aromatic carbocycles. The molecule has 13 heteroatoms. The van der Waals surface area contributed by atoms with E-state index in [2.05, 4.69) is 9.46 Å². The first kappa shape index (κ1) is 26.6. The third-order valence-electron chi connectivity index (χ3n) is 4.65. The predicted molar refractivity (Wildman–Crippen MR) is 112 cm³/mol. The van der Waals surface area contributed by atoms with Gasteiger partial charge in [0.2, 0.25) is 19.9 Å². The Labute approximate surface area is 189 Å². The molecule has 0 aliphatic heterocycles. The highest BCUT2D eigenvalue weighted by atomic mass is 32.2. The Hall–Kier alpha value is -2.64. The van der Waals surface area contributed by atoms with E-state index in [1.54, 1.807) is 26.8 Å². The monoisotopic (exact) mass is 508 g/mol. The van der Waals surface area contributed by atoms with Gasteiger partial charge >= 0.3 is 12.3 Å². The molecule has 0 aliphatic rings. The molecule has 182 valence electrons. The quantitative estimate of drug-likeness (QED) is 0.590. The lowest BCUT2D eigenvalue weighted by molar-refractivity contribution is -0.139. The van der Waals surface area contributed by atoms with E-state index in [1.165, 1.54) is 24.3 Å². The van der Waals surface area contributed by atoms with Crippen molar-refractivity contribution in [2.24, 2.45) is 11.1 Å². The summed E-state index contributed by atoms with van der Waals surface area (Å²) in [4.78, 5) is 8.82. The fourth-order valence-electron chi connectivity index (χ4n) is 2.74. The summed E-state index contributed by atoms with van der Waals surface area (Å²) >= 11 is 0. The second-order valence-electron chi connectivity index (χ2n) is 8.14. The highest BCUT2D eigenvalue weighted by Crippen LogP contribution is 2.37. The highest BCUT2D eigenvalue weighted by Gasteiger charge is 2.40. The van der Waals surface area contributed by atoms with Gasteiger partial charge in [0.1, 0.15) is 6.61 Å². The molecule has 0 saturated heterocycles. The van der Waals surface area contributed by atoms with Crippen LogP contribution in [-0.4, -0.2) is 35.6 Å². The van der Waals surface area contributed by atoms with Crippen LogP contribution in [0.4, 0.5) is 18.0 Å². The van der Waals surface area contributed by atoms with Crippen LogP contribution in [-0.2, 0) is 30.8 Å². The van der Waals surface area contributed by atoms with Gasteiger partial charge in [-0.1, -0.05) is 39.0 Å². The maximum absolute atomic E-state index is 13.6. The lowest BCUT2D eigenvalue weighted by Crippen LogP contribution is -2.47. The van der Waals surface area contributed by atoms with Gasteiger partial charge in [0.05, 0.1) is 26.3 Å². The van der Waals surface area contributed by atoms with Crippen molar-refractivity contribution in [1.29, 1.82) is 0 Å². The number of ether oxygens (including phenoxy) is 1. The molecule has 3 N–H and O–H groups in total. The molecule has 0 bridgehead atoms. The minimum Gasteiger partial charge on any atom is -0.448 e. The van der Waals surface area contributed by atoms with Crippen LogP contribution in [0.2, 0.25) is 0 Å². The Morgan fingerprint density at radius 3 is 2.06 bits per heavy atom. The van der Waals surface area contributed by atoms with Gasteiger partial charge in [-0.15, -0.1) is 0 Å². The first-order valence-corrected chi connectivity index (χ1v) is 12.4. The minimum atomic E-state index is -5.10. The average Bonchev–Trinajstić information content (AvgIpc) is 2.69. The maximum Gasteiger partial charge on any atom is 0.417 e. The first-order valence-electron chi connectivity index (χ1n) is 9.42. The van der Waals surface area contributed by atoms with E-state index >= 15 is 0 Å². The average molecular weight is 509 g/mol. The van der Waals surface area contributed by atoms with E-state index in [9.17, 15) is 34.8 Å². The van der Waals surface area contributed by atoms with Gasteiger partial charge in [-0.3, -0.25) is 0 Å². The van der Waals surface area contributed by atoms with Crippen molar-refractivity contribution < 1.29 is 39.5 Å². The fourth-order valence-corrected chi connectivity index (χ4v) is 5.80. The number of sulfonamides is 1. The van der Waals surface area contributed by atoms with E-state index < -0.39 is 65.5 Å². The zero-order valence-electron chi connectivity index (χ0n) is 17.9. The number of rotatable bonds is 7. The molecule has 1 amide bonds. The number of nitrogens with one attached hydrogen (secondary N) is 1. The molecule has 2 rings (SSSR count). The van der Waals surface area contributed by atoms with Gasteiger partial charge < -0.3 is 10.5 Å². The molecule has 0 fully saturated rings. The summed E-state index contributed by atoms with van der Waals surface area (Å²) in [7, 11) is -9.24. The van der Waals surface area contributed by atoms with Crippen LogP contribution >= 0.6 is 0 Å². The molecule has 0 saturated carbocycles. The van der Waals surface area contributed by atoms with E-state index in [4.69, 9.17) is 5.73 Å². The molecule has 8 nitrogen and oxygen atoms in total. The molecule has 0 aliphatic carbocycles. The van der Waals surface area contributed by atoms with Crippen LogP contribution in [0.5, 0.6) is 0 Å². The minimum absolute atomic E-state index is 0.219. The normalized spacial score (nSPS) is 14.0. The smallest absolute Gasteiger partial charge is 0.417 e. The number of carbonyl (C=O) groups excluding carboxylic acids is 1. The van der Waals surface area contributed by atoms with Crippen molar-refractivity contribution in [3.05, 3.63) is 54.1 Å². The molecule has 0 aromatic heterocycles. The number of primary amides is 1. The van der Waals surface area contributed by atoms with Crippen LogP contribution in [0.15, 0.2) is 63.2 Å². The van der Waals surface area contributed by atoms with Crippen molar-refractivity contribution in [2.75, 3.05) is 6.61 Å². The number of amides is 1. The topological polar surface area (TPSA) is 133 Å². The number of carbonyl (C=O) groups is 1. The van der Waals surface area contributed by atoms with E-state index in [-0.39, 0.29) is 4.90 Å². The second kappa shape index (κ2) is 9.31. The van der Waals surface area contributed by atoms with Crippen molar-refractivity contribution in [1.82, 2.24) is 4.72 Å². The third-order valence-corrected chi connectivity index (χ3v) is 7.93. The Balaban J connectivity index is 2.64. The molecule has 1 unspecified atom stereocenters. The molecule has 33 heavy (non-hydrogen) atoms. The van der Waals surface area contributed by atoms with E-state index in [1.807, 2.05) is 0 Å². The third kappa shape index (κ3) is 6.45. The van der Waals surface area contributed by atoms with Crippen LogP contribution in [0.25, 0.3) is 0 Å². The van der Waals surface area contributed by atoms with Gasteiger partial charge in [0, 0.05) is 0 Å². The van der Waals surface area contributed by atoms with Crippen molar-refractivity contribution >= 4 is 26.0 Å². The van der Waals surface area contributed by atoms with Gasteiger partial charge in [-0.05, 0) is 35.7 Å². The molecule has 1 atom stereocenters. The molecular formula is C20H23F3N2O6S2. The Morgan fingerprint density at radius 2 is 1.58 bits per heavy atom. The van der Waals surface area contributed by atoms with E-state index in [0.717, 1.165) is 0 Å². The molecular weight excluding hydrogens is 485 g/mol. The lowest BCUT2D eigenvalue weighted by Gasteiger charge is -2.31. The summed E-state index contributed by atoms with van der Waals surface area (Å²) in [6.45, 7) is 4.13. The van der Waals surface area contributed by atoms with Crippen molar-refractivity contribution in [3.63, 3.8) is 0 Å². The first-order chi connectivity index (χ1) is 15.0. The predicted octanol–water partition coefficient (Wildman–Crippen LogP) is 3.33. The zero-order valence-corrected chi connectivity index (χ0v) is 19.5. The van der Waals surface area contributed by atoms with Crippen molar-refractivity contribution in [3.8, 4) is 0 Å². The fraction of sp³-hybridized carbons (Fsp3) is 0.350. The number of benzene rings is 2. The largest absolute Gasteiger partial charge is 0.448 e. The maximum atomic E-state index is 13.6. The van der Waals surface area contributed by atoms with E-state index in [0.29, 0.717) is 18.2 Å². The lowest BCUT2D eigenvalue weighted by atomic mass is 9.88. The SMILES string of the molecule is CC(C)(C)C(COC(N)=O)NS(=O)(=O)c1cc(S(=O)(=O)c2ccccc2)ccc1C(F)(F)F. The van der Waals surface area contributed by atoms with Gasteiger partial charge in [-0.25, -0.2) is 26.4 Å². The second-order valence-corrected chi connectivity index (χ2v) is 11.8. The summed E-state index contributed by atoms with van der Waals surface area (Å²) in [5.74, 6) is 0. The summed E-state index contributed by atoms with van der Waals surface area (Å²) in [5.41, 5.74) is 2.45. The number of nitrogens with two attached hydrogens (primary N) is 1. The summed E-state index contributed by atoms with van der Waals surface area (Å²) < 4.78 is 99.4. The zero-order chi connectivity index (χ0) is 25.2. The number of sulfone groups is 1. The van der Waals surface area contributed by atoms with Gasteiger partial charge in [-0.2, -0.15) is 13.2 Å². The van der Waals surface area contributed by atoms with Crippen LogP contribution in [0, 0.1) is 5.41 Å². The molecule has 0 spiro atoms. The van der Waals surface area contributed by atoms with Crippen molar-refractivity contribution in [2.45, 2.75) is 47.7 Å². The Kier molecular flexibility index (Phi) is 7.51. The summed E-state index contributed by atoms with van der Waals surface area (Å²) in [6.07, 6.45) is -6.30. The summed E-state index contributed by atoms with van der Waals surface area (Å²) in [5, 5.41) is 0. The highest BCUT2D eigenvalue weighted by molar-refractivity contribution is 7.91. The van der Waals surface area contributed by atoms with Crippen LogP contribution in [0.1, 0.15) is 26.3 Å². The standard InChI is InChI=1S/C20H23F3N2O6S2/c1-19(2,3)17(12-31-18(24)26)25-33(29,30)16-11-14(9-10-15(16)20(21,22)23)32(27,28)13-7-5-4-6-8-13/h4-11,17,25H,12H2,1-3H3,(H2,24,26). The number of alkyl halides is 3. The molecule has 2 aromatic rings. The van der Waals surface area contributed by atoms with Crippen LogP contribution in [0.3, 0.4) is 0 Å². The Bertz CT molecular complexity index is 1220. The molecule has 0 heterocycles. The van der Waals surface area contributed by atoms with Crippen LogP contribution < -0.4 is 10.5 Å². The number of hydrogen-bond donors (Lipinski definition) is 2. The number of hydrogen-bond acceptors (Lipinski definition) is 6. The molecule has 0 radical (unpaired) electrons. The Morgan fingerprint density at radius 1 is 1.00 bits per heavy atom. The summed E-state index contributed by atoms with van der Waals surface area (Å²) in [6, 6.07) is 7.23. The number of halogens is 3.